The second-order valence-corrected chi connectivity index (χ2v) is 8.86. The number of Topliss-reactive ketones (excluding diaryl/α,β-unsaturated/α-hetero) is 2. The molecule has 4 aromatic rings. The molecule has 0 atom stereocenters. The van der Waals surface area contributed by atoms with Crippen LogP contribution in [0, 0.1) is 0 Å². The van der Waals surface area contributed by atoms with Crippen LogP contribution in [0.15, 0.2) is 33.5 Å². The second kappa shape index (κ2) is 13.3. The summed E-state index contributed by atoms with van der Waals surface area (Å²) in [7, 11) is 5.95. The molecule has 0 radical (unpaired) electrons. The van der Waals surface area contributed by atoms with E-state index in [2.05, 4.69) is 0 Å². The first-order valence-electron chi connectivity index (χ1n) is 13.1. The second-order valence-electron chi connectivity index (χ2n) is 8.86. The molecule has 11 heteroatoms. The highest BCUT2D eigenvalue weighted by atomic mass is 16.5. The third kappa shape index (κ3) is 5.62. The molecule has 4 rings (SSSR count). The molecule has 0 amide bonds. The van der Waals surface area contributed by atoms with Crippen LogP contribution in [0.25, 0.3) is 21.9 Å². The highest BCUT2D eigenvalue weighted by Gasteiger charge is 2.29. The largest absolute Gasteiger partial charge is 0.495 e. The number of carbonyl (C=O) groups is 2. The molecule has 0 aliphatic carbocycles. The summed E-state index contributed by atoms with van der Waals surface area (Å²) in [6.07, 6.45) is 3.76. The molecule has 0 spiro atoms. The number of rotatable bonds is 16. The summed E-state index contributed by atoms with van der Waals surface area (Å²) in [6.45, 7) is 4.16. The predicted octanol–water partition coefficient (Wildman–Crippen LogP) is 5.87. The number of hydrogen-bond donors (Lipinski definition) is 0. The van der Waals surface area contributed by atoms with Crippen LogP contribution >= 0.6 is 0 Å². The summed E-state index contributed by atoms with van der Waals surface area (Å²) in [6, 6.07) is 3.43. The Morgan fingerprint density at radius 3 is 1.68 bits per heavy atom. The van der Waals surface area contributed by atoms with Crippen LogP contribution in [0.4, 0.5) is 0 Å². The lowest BCUT2D eigenvalue weighted by Gasteiger charge is -2.18. The van der Waals surface area contributed by atoms with Gasteiger partial charge in [-0.05, 0) is 19.1 Å². The Balaban J connectivity index is 1.39. The van der Waals surface area contributed by atoms with Crippen LogP contribution in [-0.4, -0.2) is 66.4 Å². The summed E-state index contributed by atoms with van der Waals surface area (Å²) in [4.78, 5) is 25.3. The molecule has 0 unspecified atom stereocenters. The van der Waals surface area contributed by atoms with Gasteiger partial charge < -0.3 is 42.0 Å². The van der Waals surface area contributed by atoms with Crippen LogP contribution in [0.5, 0.6) is 34.5 Å². The van der Waals surface area contributed by atoms with Gasteiger partial charge in [-0.3, -0.25) is 9.59 Å². The number of hydrogen-bond acceptors (Lipinski definition) is 11. The zero-order valence-corrected chi connectivity index (χ0v) is 24.0. The fourth-order valence-electron chi connectivity index (χ4n) is 4.70. The van der Waals surface area contributed by atoms with Gasteiger partial charge in [0.15, 0.2) is 34.2 Å². The summed E-state index contributed by atoms with van der Waals surface area (Å²) < 4.78 is 51.0. The van der Waals surface area contributed by atoms with E-state index in [4.69, 9.17) is 42.0 Å². The Bertz CT molecular complexity index is 1530. The normalized spacial score (nSPS) is 11.1. The Hall–Kier alpha value is -4.38. The van der Waals surface area contributed by atoms with Crippen molar-refractivity contribution in [1.29, 1.82) is 0 Å². The number of carbonyl (C=O) groups excluding carboxylic acids is 2. The number of methoxy groups -OCH3 is 4. The molecule has 220 valence electrons. The van der Waals surface area contributed by atoms with Gasteiger partial charge in [-0.25, -0.2) is 0 Å². The third-order valence-corrected chi connectivity index (χ3v) is 6.47. The smallest absolute Gasteiger partial charge is 0.205 e. The minimum absolute atomic E-state index is 0.144. The zero-order valence-electron chi connectivity index (χ0n) is 24.0. The van der Waals surface area contributed by atoms with Gasteiger partial charge in [0.1, 0.15) is 29.2 Å². The van der Waals surface area contributed by atoms with Crippen molar-refractivity contribution in [2.45, 2.75) is 26.7 Å². The molecule has 0 aliphatic heterocycles. The monoisotopic (exact) mass is 570 g/mol. The lowest BCUT2D eigenvalue weighted by atomic mass is 10.0. The Morgan fingerprint density at radius 1 is 0.659 bits per heavy atom. The SMILES string of the molecule is CCC(=O)c1c(OCCOCCCOc2c(C(C)=O)c(OC)c3ccoc3c2OC)c(OC)c2occc2c1OC. The molecule has 2 aromatic carbocycles. The maximum Gasteiger partial charge on any atom is 0.205 e. The average molecular weight is 571 g/mol. The van der Waals surface area contributed by atoms with Crippen LogP contribution in [0.3, 0.4) is 0 Å². The number of benzene rings is 2. The van der Waals surface area contributed by atoms with Crippen LogP contribution < -0.4 is 28.4 Å². The fraction of sp³-hybridized carbons (Fsp3) is 0.400. The van der Waals surface area contributed by atoms with Gasteiger partial charge in [0.25, 0.3) is 0 Å². The van der Waals surface area contributed by atoms with Crippen LogP contribution in [-0.2, 0) is 4.74 Å². The van der Waals surface area contributed by atoms with E-state index in [0.717, 1.165) is 0 Å². The maximum atomic E-state index is 12.8. The summed E-state index contributed by atoms with van der Waals surface area (Å²) in [5, 5.41) is 1.24. The minimum Gasteiger partial charge on any atom is -0.495 e. The summed E-state index contributed by atoms with van der Waals surface area (Å²) in [5.41, 5.74) is 1.43. The predicted molar refractivity (Wildman–Crippen MR) is 150 cm³/mol. The van der Waals surface area contributed by atoms with Gasteiger partial charge in [0.2, 0.25) is 11.5 Å². The van der Waals surface area contributed by atoms with E-state index in [1.165, 1.54) is 47.9 Å². The summed E-state index contributed by atoms with van der Waals surface area (Å²) in [5.74, 6) is 1.50. The lowest BCUT2D eigenvalue weighted by molar-refractivity contribution is 0.0868. The summed E-state index contributed by atoms with van der Waals surface area (Å²) >= 11 is 0. The van der Waals surface area contributed by atoms with Gasteiger partial charge in [-0.1, -0.05) is 6.92 Å². The first-order valence-corrected chi connectivity index (χ1v) is 13.1. The fourth-order valence-corrected chi connectivity index (χ4v) is 4.70. The molecular formula is C30H34O11. The van der Waals surface area contributed by atoms with E-state index >= 15 is 0 Å². The molecule has 0 fully saturated rings. The average Bonchev–Trinajstić information content (AvgIpc) is 3.66. The molecule has 0 saturated carbocycles. The first kappa shape index (κ1) is 29.6. The lowest BCUT2D eigenvalue weighted by Crippen LogP contribution is -2.13. The third-order valence-electron chi connectivity index (χ3n) is 6.47. The zero-order chi connectivity index (χ0) is 29.5. The van der Waals surface area contributed by atoms with E-state index in [9.17, 15) is 9.59 Å². The van der Waals surface area contributed by atoms with Crippen molar-refractivity contribution in [2.24, 2.45) is 0 Å². The standard InChI is InChI=1S/C30H34O11/c1-7-20(32)22-24(34-4)19-10-14-40-26(19)30(36-6)28(22)41-16-15-37-11-8-12-38-27-21(17(2)31)23(33-3)18-9-13-39-25(18)29(27)35-5/h9-10,13-14H,7-8,11-12,15-16H2,1-6H3. The Morgan fingerprint density at radius 2 is 1.17 bits per heavy atom. The topological polar surface area (TPSA) is 125 Å². The van der Waals surface area contributed by atoms with Gasteiger partial charge in [-0.15, -0.1) is 0 Å². The molecule has 0 aliphatic rings. The number of furan rings is 2. The Labute approximate surface area is 237 Å². The molecule has 11 nitrogen and oxygen atoms in total. The highest BCUT2D eigenvalue weighted by Crippen LogP contribution is 2.48. The van der Waals surface area contributed by atoms with E-state index in [0.29, 0.717) is 63.5 Å². The van der Waals surface area contributed by atoms with Crippen LogP contribution in [0.1, 0.15) is 47.4 Å². The maximum absolute atomic E-state index is 12.8. The van der Waals surface area contributed by atoms with Crippen molar-refractivity contribution < 1.29 is 51.6 Å². The van der Waals surface area contributed by atoms with E-state index < -0.39 is 0 Å². The molecule has 0 bridgehead atoms. The quantitative estimate of drug-likeness (QED) is 0.119. The molecule has 2 heterocycles. The van der Waals surface area contributed by atoms with E-state index in [1.54, 1.807) is 19.1 Å². The molecule has 0 saturated heterocycles. The van der Waals surface area contributed by atoms with E-state index in [-0.39, 0.29) is 54.9 Å². The Kier molecular flexibility index (Phi) is 9.61. The number of fused-ring (bicyclic) bond motifs is 2. The van der Waals surface area contributed by atoms with E-state index in [1.807, 2.05) is 0 Å². The van der Waals surface area contributed by atoms with Crippen molar-refractivity contribution in [2.75, 3.05) is 54.9 Å². The van der Waals surface area contributed by atoms with Crippen molar-refractivity contribution in [3.63, 3.8) is 0 Å². The van der Waals surface area contributed by atoms with Crippen LogP contribution in [0.2, 0.25) is 0 Å². The van der Waals surface area contributed by atoms with Gasteiger partial charge >= 0.3 is 0 Å². The number of ether oxygens (including phenoxy) is 7. The van der Waals surface area contributed by atoms with Gasteiger partial charge in [-0.2, -0.15) is 0 Å². The molecular weight excluding hydrogens is 536 g/mol. The van der Waals surface area contributed by atoms with Crippen molar-refractivity contribution in [3.05, 3.63) is 35.8 Å². The molecule has 0 N–H and O–H groups in total. The molecule has 41 heavy (non-hydrogen) atoms. The highest BCUT2D eigenvalue weighted by molar-refractivity contribution is 6.09. The van der Waals surface area contributed by atoms with Crippen molar-refractivity contribution >= 4 is 33.5 Å². The van der Waals surface area contributed by atoms with Gasteiger partial charge in [0.05, 0.1) is 65.0 Å². The first-order chi connectivity index (χ1) is 19.9. The number of ketones is 2. The van der Waals surface area contributed by atoms with Crippen molar-refractivity contribution in [3.8, 4) is 34.5 Å². The van der Waals surface area contributed by atoms with Crippen molar-refractivity contribution in [1.82, 2.24) is 0 Å². The molecule has 2 aromatic heterocycles. The minimum atomic E-state index is -0.229. The van der Waals surface area contributed by atoms with Gasteiger partial charge in [0, 0.05) is 19.4 Å².